The molecular weight excluding hydrogens is 666 g/mol. The van der Waals surface area contributed by atoms with Crippen molar-refractivity contribution >= 4 is 40.7 Å². The van der Waals surface area contributed by atoms with E-state index in [4.69, 9.17) is 4.74 Å². The fourth-order valence-corrected chi connectivity index (χ4v) is 7.28. The number of aromatic nitrogens is 6. The van der Waals surface area contributed by atoms with Gasteiger partial charge in [-0.1, -0.05) is 25.3 Å². The summed E-state index contributed by atoms with van der Waals surface area (Å²) < 4.78 is 10.5. The monoisotopic (exact) mass is 715 g/mol. The highest BCUT2D eigenvalue weighted by Gasteiger charge is 2.32. The fourth-order valence-electron chi connectivity index (χ4n) is 7.28. The molecule has 2 fully saturated rings. The molecule has 4 aromatic rings. The maximum atomic E-state index is 13.0. The van der Waals surface area contributed by atoms with Gasteiger partial charge in [-0.05, 0) is 82.1 Å². The number of piperidine rings is 1. The number of amides is 4. The maximum Gasteiger partial charge on any atom is 0.407 e. The molecule has 15 heteroatoms. The van der Waals surface area contributed by atoms with Crippen LogP contribution in [0.5, 0.6) is 0 Å². The summed E-state index contributed by atoms with van der Waals surface area (Å²) >= 11 is 0. The molecule has 1 saturated heterocycles. The van der Waals surface area contributed by atoms with Gasteiger partial charge in [-0.2, -0.15) is 10.2 Å². The van der Waals surface area contributed by atoms with E-state index in [1.54, 1.807) is 17.8 Å². The SMILES string of the molecule is CC(C)NC(=O)O[C@@H]1CC[C@H](c2cc(NC(=O)Cc3cnn(CCCCCCCc4ccc5c(c4)n(C)c(=O)n5C4CCC(=O)NC4=O)c3)n[nH]2)C1. The zero-order valence-electron chi connectivity index (χ0n) is 30.2. The Hall–Kier alpha value is -5.21. The molecule has 4 amide bonds. The summed E-state index contributed by atoms with van der Waals surface area (Å²) in [5.41, 5.74) is 4.14. The number of ether oxygens (including phenoxy) is 1. The second-order valence-corrected chi connectivity index (χ2v) is 14.4. The van der Waals surface area contributed by atoms with Gasteiger partial charge in [0.2, 0.25) is 17.7 Å². The summed E-state index contributed by atoms with van der Waals surface area (Å²) in [5.74, 6) is -0.227. The Balaban J connectivity index is 0.874. The molecule has 3 atom stereocenters. The number of nitrogens with zero attached hydrogens (tertiary/aromatic N) is 5. The Kier molecular flexibility index (Phi) is 11.6. The van der Waals surface area contributed by atoms with Crippen LogP contribution in [-0.2, 0) is 45.6 Å². The van der Waals surface area contributed by atoms with Crippen molar-refractivity contribution in [2.45, 2.75) is 122 Å². The Morgan fingerprint density at radius 1 is 1.00 bits per heavy atom. The Bertz CT molecular complexity index is 1970. The smallest absolute Gasteiger partial charge is 0.407 e. The number of anilines is 1. The summed E-state index contributed by atoms with van der Waals surface area (Å²) in [7, 11) is 1.71. The molecule has 6 rings (SSSR count). The third-order valence-corrected chi connectivity index (χ3v) is 9.95. The average Bonchev–Trinajstić information content (AvgIpc) is 3.90. The van der Waals surface area contributed by atoms with Gasteiger partial charge >= 0.3 is 11.8 Å². The molecule has 1 aliphatic carbocycles. The molecule has 1 unspecified atom stereocenters. The number of hydrogen-bond acceptors (Lipinski definition) is 8. The van der Waals surface area contributed by atoms with Gasteiger partial charge in [0.25, 0.3) is 0 Å². The molecule has 1 aromatic carbocycles. The molecule has 52 heavy (non-hydrogen) atoms. The van der Waals surface area contributed by atoms with Gasteiger partial charge in [0, 0.05) is 49.9 Å². The molecular formula is C37H49N9O6. The van der Waals surface area contributed by atoms with Gasteiger partial charge < -0.3 is 15.4 Å². The van der Waals surface area contributed by atoms with Crippen LogP contribution in [0.4, 0.5) is 10.6 Å². The number of imide groups is 1. The minimum absolute atomic E-state index is 0.0272. The summed E-state index contributed by atoms with van der Waals surface area (Å²) in [6.45, 7) is 4.57. The van der Waals surface area contributed by atoms with Crippen LogP contribution in [0, 0.1) is 0 Å². The van der Waals surface area contributed by atoms with E-state index in [1.807, 2.05) is 49.0 Å². The van der Waals surface area contributed by atoms with E-state index in [0.29, 0.717) is 24.2 Å². The van der Waals surface area contributed by atoms with Crippen molar-refractivity contribution in [2.24, 2.45) is 7.05 Å². The number of aromatic amines is 1. The van der Waals surface area contributed by atoms with Gasteiger partial charge in [0.1, 0.15) is 12.1 Å². The first-order chi connectivity index (χ1) is 25.0. The second kappa shape index (κ2) is 16.4. The molecule has 4 N–H and O–H groups in total. The highest BCUT2D eigenvalue weighted by atomic mass is 16.6. The number of hydrogen-bond donors (Lipinski definition) is 4. The number of unbranched alkanes of at least 4 members (excludes halogenated alkanes) is 4. The number of carbonyl (C=O) groups excluding carboxylic acids is 4. The fraction of sp³-hybridized carbons (Fsp3) is 0.541. The van der Waals surface area contributed by atoms with E-state index in [0.717, 1.165) is 80.2 Å². The van der Waals surface area contributed by atoms with E-state index in [1.165, 1.54) is 4.57 Å². The normalized spacial score (nSPS) is 19.0. The van der Waals surface area contributed by atoms with Crippen molar-refractivity contribution in [3.63, 3.8) is 0 Å². The van der Waals surface area contributed by atoms with Crippen LogP contribution in [0.25, 0.3) is 11.0 Å². The lowest BCUT2D eigenvalue weighted by atomic mass is 10.0. The molecule has 0 bridgehead atoms. The molecule has 2 aliphatic rings. The van der Waals surface area contributed by atoms with Crippen molar-refractivity contribution in [3.8, 4) is 0 Å². The van der Waals surface area contributed by atoms with E-state index in [2.05, 4.69) is 31.2 Å². The highest BCUT2D eigenvalue weighted by molar-refractivity contribution is 6.00. The van der Waals surface area contributed by atoms with Crippen molar-refractivity contribution in [2.75, 3.05) is 5.32 Å². The molecule has 15 nitrogen and oxygen atoms in total. The first-order valence-electron chi connectivity index (χ1n) is 18.4. The van der Waals surface area contributed by atoms with E-state index < -0.39 is 11.9 Å². The number of alkyl carbamates (subject to hydrolysis) is 1. The number of H-pyrrole nitrogens is 1. The maximum absolute atomic E-state index is 13.0. The average molecular weight is 716 g/mol. The molecule has 278 valence electrons. The van der Waals surface area contributed by atoms with Gasteiger partial charge in [0.15, 0.2) is 5.82 Å². The minimum Gasteiger partial charge on any atom is -0.446 e. The van der Waals surface area contributed by atoms with Crippen LogP contribution in [0.15, 0.2) is 41.5 Å². The van der Waals surface area contributed by atoms with Crippen LogP contribution in [-0.4, -0.2) is 65.1 Å². The molecule has 1 saturated carbocycles. The second-order valence-electron chi connectivity index (χ2n) is 14.4. The van der Waals surface area contributed by atoms with Crippen LogP contribution in [0.3, 0.4) is 0 Å². The van der Waals surface area contributed by atoms with Crippen LogP contribution < -0.4 is 21.6 Å². The predicted octanol–water partition coefficient (Wildman–Crippen LogP) is 4.38. The predicted molar refractivity (Wildman–Crippen MR) is 194 cm³/mol. The quantitative estimate of drug-likeness (QED) is 0.103. The van der Waals surface area contributed by atoms with Gasteiger partial charge in [-0.15, -0.1) is 0 Å². The minimum atomic E-state index is -0.681. The first kappa shape index (κ1) is 36.6. The molecule has 3 aromatic heterocycles. The van der Waals surface area contributed by atoms with Crippen molar-refractivity contribution in [3.05, 3.63) is 64.0 Å². The first-order valence-corrected chi connectivity index (χ1v) is 18.4. The summed E-state index contributed by atoms with van der Waals surface area (Å²) in [5, 5.41) is 19.7. The number of benzene rings is 1. The number of rotatable bonds is 15. The molecule has 1 aliphatic heterocycles. The lowest BCUT2D eigenvalue weighted by Gasteiger charge is -2.21. The standard InChI is InChI=1S/C37H49N9O6/c1-23(2)39-36(50)52-27-12-11-26(19-27)28-20-32(43-42-28)40-34(48)18-25-21-38-45(22-25)16-8-6-4-5-7-9-24-10-13-29-31(17-24)44(3)37(51)46(29)30-14-15-33(47)41-35(30)49/h10,13,17,20-23,26-27,30H,4-9,11-12,14-16,18-19H2,1-3H3,(H,39,50)(H,41,47,49)(H2,40,42,43,48)/t26-,27+,30?/m0/s1. The summed E-state index contributed by atoms with van der Waals surface area (Å²) in [4.78, 5) is 61.7. The zero-order chi connectivity index (χ0) is 36.8. The van der Waals surface area contributed by atoms with Gasteiger partial charge in [-0.3, -0.25) is 38.6 Å². The molecule has 0 spiro atoms. The third-order valence-electron chi connectivity index (χ3n) is 9.95. The third kappa shape index (κ3) is 8.98. The van der Waals surface area contributed by atoms with Crippen LogP contribution >= 0.6 is 0 Å². The van der Waals surface area contributed by atoms with Crippen molar-refractivity contribution in [1.82, 2.24) is 39.7 Å². The Morgan fingerprint density at radius 2 is 1.81 bits per heavy atom. The van der Waals surface area contributed by atoms with Gasteiger partial charge in [0.05, 0.1) is 23.7 Å². The lowest BCUT2D eigenvalue weighted by Crippen LogP contribution is -2.44. The number of fused-ring (bicyclic) bond motifs is 1. The largest absolute Gasteiger partial charge is 0.446 e. The number of carbonyl (C=O) groups is 4. The summed E-state index contributed by atoms with van der Waals surface area (Å²) in [6, 6.07) is 7.16. The lowest BCUT2D eigenvalue weighted by molar-refractivity contribution is -0.135. The number of imidazole rings is 1. The Morgan fingerprint density at radius 3 is 2.62 bits per heavy atom. The number of aryl methyl sites for hydroxylation is 3. The van der Waals surface area contributed by atoms with E-state index in [9.17, 15) is 24.0 Å². The van der Waals surface area contributed by atoms with Gasteiger partial charge in [-0.25, -0.2) is 9.59 Å². The zero-order valence-corrected chi connectivity index (χ0v) is 30.2. The van der Waals surface area contributed by atoms with E-state index >= 15 is 0 Å². The number of nitrogens with one attached hydrogen (secondary N) is 4. The van der Waals surface area contributed by atoms with Crippen molar-refractivity contribution in [1.29, 1.82) is 0 Å². The van der Waals surface area contributed by atoms with Crippen LogP contribution in [0.2, 0.25) is 0 Å². The molecule has 4 heterocycles. The van der Waals surface area contributed by atoms with E-state index in [-0.39, 0.29) is 54.5 Å². The van der Waals surface area contributed by atoms with Crippen molar-refractivity contribution < 1.29 is 23.9 Å². The Labute approximate surface area is 301 Å². The molecule has 0 radical (unpaired) electrons. The van der Waals surface area contributed by atoms with Crippen LogP contribution in [0.1, 0.15) is 107 Å². The summed E-state index contributed by atoms with van der Waals surface area (Å²) in [6.07, 6.45) is 12.4. The highest BCUT2D eigenvalue weighted by Crippen LogP contribution is 2.36. The topological polar surface area (TPSA) is 187 Å².